The van der Waals surface area contributed by atoms with Crippen molar-refractivity contribution in [3.63, 3.8) is 0 Å². The molecule has 1 fully saturated rings. The second kappa shape index (κ2) is 5.65. The van der Waals surface area contributed by atoms with E-state index in [1.807, 2.05) is 24.1 Å². The summed E-state index contributed by atoms with van der Waals surface area (Å²) in [4.78, 5) is 15.8. The summed E-state index contributed by atoms with van der Waals surface area (Å²) in [6.45, 7) is 3.25. The number of halogens is 1. The van der Waals surface area contributed by atoms with Gasteiger partial charge in [-0.25, -0.2) is 0 Å². The first-order valence-corrected chi connectivity index (χ1v) is 6.65. The van der Waals surface area contributed by atoms with Crippen molar-refractivity contribution >= 4 is 21.8 Å². The lowest BCUT2D eigenvalue weighted by Gasteiger charge is -2.19. The molecular weight excluding hydrogens is 280 g/mol. The zero-order chi connectivity index (χ0) is 12.3. The lowest BCUT2D eigenvalue weighted by Crippen LogP contribution is -2.34. The van der Waals surface area contributed by atoms with Gasteiger partial charge in [-0.05, 0) is 24.1 Å². The normalized spacial score (nSPS) is 18.2. The SMILES string of the molecule is CN1CCCN(Cc2ccc(Br)cc2)CC1=O. The molecule has 2 rings (SSSR count). The second-order valence-electron chi connectivity index (χ2n) is 4.51. The van der Waals surface area contributed by atoms with Gasteiger partial charge in [0.25, 0.3) is 0 Å². The Balaban J connectivity index is 1.98. The summed E-state index contributed by atoms with van der Waals surface area (Å²) >= 11 is 3.43. The molecule has 3 nitrogen and oxygen atoms in total. The molecule has 1 aliphatic heterocycles. The minimum absolute atomic E-state index is 0.222. The minimum atomic E-state index is 0.222. The molecule has 0 unspecified atom stereocenters. The highest BCUT2D eigenvalue weighted by Crippen LogP contribution is 2.13. The predicted molar refractivity (Wildman–Crippen MR) is 71.7 cm³/mol. The van der Waals surface area contributed by atoms with Crippen molar-refractivity contribution in [3.8, 4) is 0 Å². The number of carbonyl (C=O) groups is 1. The topological polar surface area (TPSA) is 23.6 Å². The summed E-state index contributed by atoms with van der Waals surface area (Å²) in [7, 11) is 1.88. The highest BCUT2D eigenvalue weighted by atomic mass is 79.9. The molecule has 0 bridgehead atoms. The van der Waals surface area contributed by atoms with Gasteiger partial charge in [-0.15, -0.1) is 0 Å². The van der Waals surface area contributed by atoms with Gasteiger partial charge in [0.2, 0.25) is 5.91 Å². The van der Waals surface area contributed by atoms with Crippen LogP contribution in [0, 0.1) is 0 Å². The molecule has 0 N–H and O–H groups in total. The highest BCUT2D eigenvalue weighted by molar-refractivity contribution is 9.10. The van der Waals surface area contributed by atoms with Gasteiger partial charge in [0.15, 0.2) is 0 Å². The van der Waals surface area contributed by atoms with Crippen molar-refractivity contribution in [2.45, 2.75) is 13.0 Å². The average molecular weight is 297 g/mol. The van der Waals surface area contributed by atoms with Crippen LogP contribution >= 0.6 is 15.9 Å². The standard InChI is InChI=1S/C13H17BrN2O/c1-15-7-2-8-16(10-13(15)17)9-11-3-5-12(14)6-4-11/h3-6H,2,7-10H2,1H3. The zero-order valence-corrected chi connectivity index (χ0v) is 11.6. The van der Waals surface area contributed by atoms with Crippen LogP contribution in [0.25, 0.3) is 0 Å². The molecule has 17 heavy (non-hydrogen) atoms. The van der Waals surface area contributed by atoms with Crippen LogP contribution in [0.15, 0.2) is 28.7 Å². The van der Waals surface area contributed by atoms with Gasteiger partial charge >= 0.3 is 0 Å². The fourth-order valence-corrected chi connectivity index (χ4v) is 2.29. The third-order valence-electron chi connectivity index (χ3n) is 3.07. The zero-order valence-electron chi connectivity index (χ0n) is 10.0. The Labute approximate surface area is 111 Å². The first-order valence-electron chi connectivity index (χ1n) is 5.86. The van der Waals surface area contributed by atoms with E-state index in [1.165, 1.54) is 5.56 Å². The molecule has 0 aromatic heterocycles. The Bertz CT molecular complexity index is 391. The summed E-state index contributed by atoms with van der Waals surface area (Å²) in [6.07, 6.45) is 1.05. The molecular formula is C13H17BrN2O. The summed E-state index contributed by atoms with van der Waals surface area (Å²) in [6, 6.07) is 8.29. The fraction of sp³-hybridized carbons (Fsp3) is 0.462. The smallest absolute Gasteiger partial charge is 0.236 e. The van der Waals surface area contributed by atoms with E-state index in [4.69, 9.17) is 0 Å². The Kier molecular flexibility index (Phi) is 4.18. The molecule has 1 amide bonds. The monoisotopic (exact) mass is 296 g/mol. The maximum atomic E-state index is 11.7. The number of likely N-dealkylation sites (N-methyl/N-ethyl adjacent to an activating group) is 1. The summed E-state index contributed by atoms with van der Waals surface area (Å²) in [5, 5.41) is 0. The number of amides is 1. The minimum Gasteiger partial charge on any atom is -0.345 e. The van der Waals surface area contributed by atoms with E-state index in [-0.39, 0.29) is 5.91 Å². The molecule has 1 aromatic rings. The van der Waals surface area contributed by atoms with E-state index in [2.05, 4.69) is 33.0 Å². The molecule has 0 saturated carbocycles. The van der Waals surface area contributed by atoms with Crippen LogP contribution in [0.4, 0.5) is 0 Å². The molecule has 4 heteroatoms. The van der Waals surface area contributed by atoms with E-state index < -0.39 is 0 Å². The van der Waals surface area contributed by atoms with Gasteiger partial charge in [-0.2, -0.15) is 0 Å². The van der Waals surface area contributed by atoms with E-state index in [0.717, 1.165) is 30.5 Å². The molecule has 92 valence electrons. The quantitative estimate of drug-likeness (QED) is 0.835. The van der Waals surface area contributed by atoms with E-state index in [0.29, 0.717) is 6.54 Å². The van der Waals surface area contributed by atoms with Gasteiger partial charge in [0.1, 0.15) is 0 Å². The van der Waals surface area contributed by atoms with Crippen molar-refractivity contribution in [1.82, 2.24) is 9.80 Å². The number of hydrogen-bond acceptors (Lipinski definition) is 2. The van der Waals surface area contributed by atoms with Crippen LogP contribution in [0.5, 0.6) is 0 Å². The summed E-state index contributed by atoms with van der Waals surface area (Å²) in [5.74, 6) is 0.222. The maximum Gasteiger partial charge on any atom is 0.236 e. The molecule has 0 radical (unpaired) electrons. The van der Waals surface area contributed by atoms with Crippen molar-refractivity contribution in [1.29, 1.82) is 0 Å². The Morgan fingerprint density at radius 1 is 1.24 bits per heavy atom. The third-order valence-corrected chi connectivity index (χ3v) is 3.60. The van der Waals surface area contributed by atoms with Crippen molar-refractivity contribution in [2.75, 3.05) is 26.7 Å². The number of carbonyl (C=O) groups excluding carboxylic acids is 1. The van der Waals surface area contributed by atoms with Crippen molar-refractivity contribution in [3.05, 3.63) is 34.3 Å². The number of benzene rings is 1. The van der Waals surface area contributed by atoms with E-state index in [9.17, 15) is 4.79 Å². The Hall–Kier alpha value is -0.870. The molecule has 1 saturated heterocycles. The first kappa shape index (κ1) is 12.6. The van der Waals surface area contributed by atoms with Crippen LogP contribution in [-0.2, 0) is 11.3 Å². The lowest BCUT2D eigenvalue weighted by atomic mass is 10.2. The van der Waals surface area contributed by atoms with Crippen LogP contribution in [0.3, 0.4) is 0 Å². The van der Waals surface area contributed by atoms with E-state index in [1.54, 1.807) is 0 Å². The third kappa shape index (κ3) is 3.54. The van der Waals surface area contributed by atoms with Gasteiger partial charge in [0, 0.05) is 31.2 Å². The van der Waals surface area contributed by atoms with Gasteiger partial charge in [-0.1, -0.05) is 28.1 Å². The number of nitrogens with zero attached hydrogens (tertiary/aromatic N) is 2. The summed E-state index contributed by atoms with van der Waals surface area (Å²) in [5.41, 5.74) is 1.26. The molecule has 0 spiro atoms. The Morgan fingerprint density at radius 2 is 1.94 bits per heavy atom. The molecule has 1 heterocycles. The van der Waals surface area contributed by atoms with Gasteiger partial charge in [0.05, 0.1) is 6.54 Å². The fourth-order valence-electron chi connectivity index (χ4n) is 2.03. The first-order chi connectivity index (χ1) is 8.15. The highest BCUT2D eigenvalue weighted by Gasteiger charge is 2.18. The Morgan fingerprint density at radius 3 is 2.65 bits per heavy atom. The van der Waals surface area contributed by atoms with Crippen LogP contribution < -0.4 is 0 Å². The predicted octanol–water partition coefficient (Wildman–Crippen LogP) is 2.11. The number of rotatable bonds is 2. The molecule has 1 aliphatic rings. The van der Waals surface area contributed by atoms with Crippen molar-refractivity contribution < 1.29 is 4.79 Å². The van der Waals surface area contributed by atoms with Gasteiger partial charge in [-0.3, -0.25) is 9.69 Å². The lowest BCUT2D eigenvalue weighted by molar-refractivity contribution is -0.129. The average Bonchev–Trinajstić information content (AvgIpc) is 2.45. The maximum absolute atomic E-state index is 11.7. The van der Waals surface area contributed by atoms with Crippen LogP contribution in [-0.4, -0.2) is 42.4 Å². The largest absolute Gasteiger partial charge is 0.345 e. The number of hydrogen-bond donors (Lipinski definition) is 0. The van der Waals surface area contributed by atoms with Crippen LogP contribution in [0.1, 0.15) is 12.0 Å². The van der Waals surface area contributed by atoms with E-state index >= 15 is 0 Å². The molecule has 1 aromatic carbocycles. The van der Waals surface area contributed by atoms with Crippen LogP contribution in [0.2, 0.25) is 0 Å². The van der Waals surface area contributed by atoms with Gasteiger partial charge < -0.3 is 4.90 Å². The molecule has 0 aliphatic carbocycles. The van der Waals surface area contributed by atoms with Crippen molar-refractivity contribution in [2.24, 2.45) is 0 Å². The summed E-state index contributed by atoms with van der Waals surface area (Å²) < 4.78 is 1.09. The molecule has 0 atom stereocenters. The second-order valence-corrected chi connectivity index (χ2v) is 5.42.